The molecule has 0 spiro atoms. The van der Waals surface area contributed by atoms with Gasteiger partial charge in [-0.15, -0.1) is 0 Å². The number of para-hydroxylation sites is 1. The molecular formula is C30H25F3N2O2. The second kappa shape index (κ2) is 11.6. The lowest BCUT2D eigenvalue weighted by molar-refractivity contribution is -0.137. The summed E-state index contributed by atoms with van der Waals surface area (Å²) in [5.74, 6) is -1.23. The van der Waals surface area contributed by atoms with Gasteiger partial charge in [-0.05, 0) is 47.4 Å². The number of hydrogen-bond acceptors (Lipinski definition) is 2. The van der Waals surface area contributed by atoms with Crippen LogP contribution < -0.4 is 10.6 Å². The maximum Gasteiger partial charge on any atom is 0.416 e. The normalized spacial score (nSPS) is 12.0. The van der Waals surface area contributed by atoms with Gasteiger partial charge in [-0.1, -0.05) is 84.9 Å². The van der Waals surface area contributed by atoms with Gasteiger partial charge in [-0.3, -0.25) is 9.59 Å². The molecule has 1 unspecified atom stereocenters. The maximum absolute atomic E-state index is 13.4. The van der Waals surface area contributed by atoms with Crippen LogP contribution in [0.3, 0.4) is 0 Å². The van der Waals surface area contributed by atoms with E-state index >= 15 is 0 Å². The fourth-order valence-electron chi connectivity index (χ4n) is 3.97. The van der Waals surface area contributed by atoms with E-state index < -0.39 is 29.6 Å². The van der Waals surface area contributed by atoms with Crippen LogP contribution in [-0.2, 0) is 23.8 Å². The van der Waals surface area contributed by atoms with Gasteiger partial charge in [0.15, 0.2) is 0 Å². The molecule has 37 heavy (non-hydrogen) atoms. The van der Waals surface area contributed by atoms with Gasteiger partial charge in [-0.2, -0.15) is 13.2 Å². The average molecular weight is 503 g/mol. The third kappa shape index (κ3) is 7.07. The first-order chi connectivity index (χ1) is 17.8. The van der Waals surface area contributed by atoms with Crippen molar-refractivity contribution < 1.29 is 22.8 Å². The number of anilines is 1. The number of amides is 2. The molecule has 0 aliphatic rings. The molecular weight excluding hydrogens is 477 g/mol. The summed E-state index contributed by atoms with van der Waals surface area (Å²) < 4.78 is 39.5. The van der Waals surface area contributed by atoms with Crippen molar-refractivity contribution >= 4 is 17.5 Å². The van der Waals surface area contributed by atoms with Crippen LogP contribution in [0.15, 0.2) is 109 Å². The van der Waals surface area contributed by atoms with E-state index in [1.165, 1.54) is 12.1 Å². The van der Waals surface area contributed by atoms with Crippen LogP contribution >= 0.6 is 0 Å². The standard InChI is InChI=1S/C30H25F3N2O2/c31-30(32,33)25-16-9-15-24(20-25)28(36)35-27(19-22-12-5-2-6-13-22)29(37)34-26-17-8-7-14-23(26)18-21-10-3-1-4-11-21/h1-17,20,27H,18-19H2,(H,34,37)(H,35,36). The monoisotopic (exact) mass is 502 g/mol. The van der Waals surface area contributed by atoms with Crippen LogP contribution in [0.1, 0.15) is 32.6 Å². The highest BCUT2D eigenvalue weighted by Crippen LogP contribution is 2.29. The topological polar surface area (TPSA) is 58.2 Å². The van der Waals surface area contributed by atoms with E-state index in [1.807, 2.05) is 72.8 Å². The summed E-state index contributed by atoms with van der Waals surface area (Å²) in [6.07, 6.45) is -3.82. The quantitative estimate of drug-likeness (QED) is 0.298. The van der Waals surface area contributed by atoms with Crippen molar-refractivity contribution in [3.8, 4) is 0 Å². The zero-order chi connectivity index (χ0) is 26.3. The highest BCUT2D eigenvalue weighted by atomic mass is 19.4. The molecule has 0 bridgehead atoms. The van der Waals surface area contributed by atoms with Crippen LogP contribution in [0.25, 0.3) is 0 Å². The number of carbonyl (C=O) groups is 2. The van der Waals surface area contributed by atoms with Gasteiger partial charge >= 0.3 is 6.18 Å². The second-order valence-corrected chi connectivity index (χ2v) is 8.60. The van der Waals surface area contributed by atoms with Crippen molar-refractivity contribution in [1.82, 2.24) is 5.32 Å². The van der Waals surface area contributed by atoms with Crippen molar-refractivity contribution in [3.05, 3.63) is 137 Å². The summed E-state index contributed by atoms with van der Waals surface area (Å²) in [6.45, 7) is 0. The lowest BCUT2D eigenvalue weighted by Gasteiger charge is -2.20. The molecule has 4 aromatic rings. The van der Waals surface area contributed by atoms with E-state index in [0.717, 1.165) is 28.8 Å². The minimum atomic E-state index is -4.58. The number of rotatable bonds is 8. The Kier molecular flexibility index (Phi) is 8.03. The number of alkyl halides is 3. The highest BCUT2D eigenvalue weighted by molar-refractivity contribution is 6.01. The molecule has 0 saturated heterocycles. The molecule has 4 aromatic carbocycles. The highest BCUT2D eigenvalue weighted by Gasteiger charge is 2.31. The lowest BCUT2D eigenvalue weighted by atomic mass is 10.0. The van der Waals surface area contributed by atoms with E-state index in [-0.39, 0.29) is 12.0 Å². The van der Waals surface area contributed by atoms with Crippen LogP contribution in [-0.4, -0.2) is 17.9 Å². The van der Waals surface area contributed by atoms with E-state index in [9.17, 15) is 22.8 Å². The molecule has 7 heteroatoms. The zero-order valence-electron chi connectivity index (χ0n) is 19.8. The molecule has 2 N–H and O–H groups in total. The SMILES string of the molecule is O=C(NC(Cc1ccccc1)C(=O)Nc1ccccc1Cc1ccccc1)c1cccc(C(F)(F)F)c1. The van der Waals surface area contributed by atoms with Crippen molar-refractivity contribution in [2.45, 2.75) is 25.1 Å². The van der Waals surface area contributed by atoms with Crippen LogP contribution in [0, 0.1) is 0 Å². The number of benzene rings is 4. The first-order valence-corrected chi connectivity index (χ1v) is 11.7. The molecule has 0 saturated carbocycles. The summed E-state index contributed by atoms with van der Waals surface area (Å²) in [4.78, 5) is 26.3. The summed E-state index contributed by atoms with van der Waals surface area (Å²) >= 11 is 0. The molecule has 0 aliphatic heterocycles. The largest absolute Gasteiger partial charge is 0.416 e. The van der Waals surface area contributed by atoms with Gasteiger partial charge in [-0.25, -0.2) is 0 Å². The molecule has 0 aromatic heterocycles. The number of nitrogens with one attached hydrogen (secondary N) is 2. The lowest BCUT2D eigenvalue weighted by Crippen LogP contribution is -2.45. The molecule has 0 aliphatic carbocycles. The summed E-state index contributed by atoms with van der Waals surface area (Å²) in [5.41, 5.74) is 2.25. The van der Waals surface area contributed by atoms with E-state index in [2.05, 4.69) is 10.6 Å². The van der Waals surface area contributed by atoms with E-state index in [0.29, 0.717) is 12.1 Å². The Morgan fingerprint density at radius 2 is 1.35 bits per heavy atom. The Morgan fingerprint density at radius 3 is 2.03 bits per heavy atom. The van der Waals surface area contributed by atoms with Gasteiger partial charge in [0.05, 0.1) is 5.56 Å². The summed E-state index contributed by atoms with van der Waals surface area (Å²) in [6, 6.07) is 29.4. The van der Waals surface area contributed by atoms with Gasteiger partial charge in [0.2, 0.25) is 5.91 Å². The Bertz CT molecular complexity index is 1360. The molecule has 1 atom stereocenters. The van der Waals surface area contributed by atoms with E-state index in [4.69, 9.17) is 0 Å². The smallest absolute Gasteiger partial charge is 0.340 e. The average Bonchev–Trinajstić information content (AvgIpc) is 2.90. The number of hydrogen-bond donors (Lipinski definition) is 2. The Labute approximate surface area is 213 Å². The van der Waals surface area contributed by atoms with Crippen LogP contribution in [0.5, 0.6) is 0 Å². The number of carbonyl (C=O) groups excluding carboxylic acids is 2. The zero-order valence-corrected chi connectivity index (χ0v) is 19.8. The Balaban J connectivity index is 1.57. The van der Waals surface area contributed by atoms with Crippen LogP contribution in [0.2, 0.25) is 0 Å². The molecule has 4 nitrogen and oxygen atoms in total. The minimum absolute atomic E-state index is 0.165. The predicted octanol–water partition coefficient (Wildman–Crippen LogP) is 6.28. The predicted molar refractivity (Wildman–Crippen MR) is 137 cm³/mol. The van der Waals surface area contributed by atoms with Crippen molar-refractivity contribution in [1.29, 1.82) is 0 Å². The Hall–Kier alpha value is -4.39. The van der Waals surface area contributed by atoms with Crippen molar-refractivity contribution in [2.75, 3.05) is 5.32 Å². The fourth-order valence-corrected chi connectivity index (χ4v) is 3.97. The third-order valence-corrected chi connectivity index (χ3v) is 5.87. The molecule has 0 heterocycles. The first-order valence-electron chi connectivity index (χ1n) is 11.7. The van der Waals surface area contributed by atoms with Gasteiger partial charge in [0.1, 0.15) is 6.04 Å². The molecule has 0 fully saturated rings. The van der Waals surface area contributed by atoms with E-state index in [1.54, 1.807) is 12.1 Å². The minimum Gasteiger partial charge on any atom is -0.340 e. The summed E-state index contributed by atoms with van der Waals surface area (Å²) in [5, 5.41) is 5.54. The van der Waals surface area contributed by atoms with Crippen molar-refractivity contribution in [2.24, 2.45) is 0 Å². The Morgan fingerprint density at radius 1 is 0.730 bits per heavy atom. The van der Waals surface area contributed by atoms with Gasteiger partial charge < -0.3 is 10.6 Å². The second-order valence-electron chi connectivity index (χ2n) is 8.60. The van der Waals surface area contributed by atoms with Crippen LogP contribution in [0.4, 0.5) is 18.9 Å². The fraction of sp³-hybridized carbons (Fsp3) is 0.133. The molecule has 188 valence electrons. The molecule has 2 amide bonds. The molecule has 4 rings (SSSR count). The molecule has 0 radical (unpaired) electrons. The maximum atomic E-state index is 13.4. The van der Waals surface area contributed by atoms with Gasteiger partial charge in [0.25, 0.3) is 5.91 Å². The summed E-state index contributed by atoms with van der Waals surface area (Å²) in [7, 11) is 0. The van der Waals surface area contributed by atoms with Gasteiger partial charge in [0, 0.05) is 17.7 Å². The third-order valence-electron chi connectivity index (χ3n) is 5.87. The first kappa shape index (κ1) is 25.7. The van der Waals surface area contributed by atoms with Crippen molar-refractivity contribution in [3.63, 3.8) is 0 Å². The number of halogens is 3.